The van der Waals surface area contributed by atoms with Crippen molar-refractivity contribution >= 4 is 5.71 Å². The van der Waals surface area contributed by atoms with Gasteiger partial charge in [-0.25, -0.2) is 0 Å². The molecule has 1 aromatic heterocycles. The van der Waals surface area contributed by atoms with Gasteiger partial charge < -0.3 is 9.62 Å². The molecule has 0 aromatic carbocycles. The van der Waals surface area contributed by atoms with Gasteiger partial charge in [0.2, 0.25) is 0 Å². The lowest BCUT2D eigenvalue weighted by Gasteiger charge is -1.93. The summed E-state index contributed by atoms with van der Waals surface area (Å²) in [6, 6.07) is 3.85. The number of furan rings is 1. The fourth-order valence-corrected chi connectivity index (χ4v) is 1.55. The van der Waals surface area contributed by atoms with Crippen molar-refractivity contribution in [2.45, 2.75) is 19.3 Å². The van der Waals surface area contributed by atoms with E-state index in [0.717, 1.165) is 17.9 Å². The van der Waals surface area contributed by atoms with Gasteiger partial charge in [-0.05, 0) is 25.5 Å². The van der Waals surface area contributed by atoms with Crippen LogP contribution < -0.4 is 0 Å². The average Bonchev–Trinajstić information content (AvgIpc) is 2.71. The highest BCUT2D eigenvalue weighted by atomic mass is 16.4. The first-order chi connectivity index (χ1) is 5.83. The van der Waals surface area contributed by atoms with Gasteiger partial charge in [-0.3, -0.25) is 0 Å². The molecule has 0 aliphatic heterocycles. The van der Waals surface area contributed by atoms with Crippen molar-refractivity contribution in [3.05, 3.63) is 24.2 Å². The SMILES string of the molecule is C/C(=N\O)[C@@H]1C[C@H]1c1ccco1. The van der Waals surface area contributed by atoms with Gasteiger partial charge in [0.15, 0.2) is 0 Å². The minimum absolute atomic E-state index is 0.390. The molecule has 0 radical (unpaired) electrons. The molecule has 2 rings (SSSR count). The Labute approximate surface area is 70.7 Å². The molecule has 64 valence electrons. The van der Waals surface area contributed by atoms with Gasteiger partial charge in [0, 0.05) is 11.8 Å². The third kappa shape index (κ3) is 1.11. The highest BCUT2D eigenvalue weighted by Crippen LogP contribution is 2.48. The van der Waals surface area contributed by atoms with Crippen LogP contribution in [0.5, 0.6) is 0 Å². The van der Waals surface area contributed by atoms with Crippen LogP contribution in [-0.4, -0.2) is 10.9 Å². The third-order valence-electron chi connectivity index (χ3n) is 2.39. The van der Waals surface area contributed by atoms with Crippen LogP contribution in [0.15, 0.2) is 28.0 Å². The van der Waals surface area contributed by atoms with E-state index in [9.17, 15) is 0 Å². The Hall–Kier alpha value is -1.25. The molecule has 2 atom stereocenters. The van der Waals surface area contributed by atoms with Crippen LogP contribution in [0.4, 0.5) is 0 Å². The van der Waals surface area contributed by atoms with Crippen molar-refractivity contribution in [3.8, 4) is 0 Å². The fraction of sp³-hybridized carbons (Fsp3) is 0.444. The molecule has 1 N–H and O–H groups in total. The zero-order valence-electron chi connectivity index (χ0n) is 6.90. The van der Waals surface area contributed by atoms with Gasteiger partial charge >= 0.3 is 0 Å². The number of nitrogens with zero attached hydrogens (tertiary/aromatic N) is 1. The Morgan fingerprint density at radius 2 is 2.58 bits per heavy atom. The maximum atomic E-state index is 8.52. The van der Waals surface area contributed by atoms with Crippen LogP contribution in [0, 0.1) is 5.92 Å². The van der Waals surface area contributed by atoms with Gasteiger partial charge in [0.1, 0.15) is 5.76 Å². The molecule has 3 heteroatoms. The molecule has 1 aliphatic carbocycles. The Morgan fingerprint density at radius 1 is 1.75 bits per heavy atom. The second-order valence-corrected chi connectivity index (χ2v) is 3.21. The number of hydrogen-bond donors (Lipinski definition) is 1. The van der Waals surface area contributed by atoms with Crippen molar-refractivity contribution in [2.24, 2.45) is 11.1 Å². The van der Waals surface area contributed by atoms with Crippen LogP contribution in [0.2, 0.25) is 0 Å². The monoisotopic (exact) mass is 165 g/mol. The van der Waals surface area contributed by atoms with Crippen LogP contribution in [0.25, 0.3) is 0 Å². The molecule has 0 saturated heterocycles. The molecule has 1 fully saturated rings. The first-order valence-corrected chi connectivity index (χ1v) is 4.05. The van der Waals surface area contributed by atoms with E-state index in [-0.39, 0.29) is 0 Å². The highest BCUT2D eigenvalue weighted by molar-refractivity contribution is 5.87. The van der Waals surface area contributed by atoms with Gasteiger partial charge in [0.05, 0.1) is 12.0 Å². The van der Waals surface area contributed by atoms with Crippen molar-refractivity contribution in [1.29, 1.82) is 0 Å². The molecular weight excluding hydrogens is 154 g/mol. The fourth-order valence-electron chi connectivity index (χ4n) is 1.55. The largest absolute Gasteiger partial charge is 0.469 e. The van der Waals surface area contributed by atoms with Gasteiger partial charge in [0.25, 0.3) is 0 Å². The maximum Gasteiger partial charge on any atom is 0.107 e. The van der Waals surface area contributed by atoms with E-state index in [4.69, 9.17) is 9.62 Å². The Bertz CT molecular complexity index is 289. The molecule has 1 aromatic rings. The summed E-state index contributed by atoms with van der Waals surface area (Å²) in [5.41, 5.74) is 0.802. The van der Waals surface area contributed by atoms with Crippen molar-refractivity contribution < 1.29 is 9.62 Å². The summed E-state index contributed by atoms with van der Waals surface area (Å²) in [5.74, 6) is 1.83. The van der Waals surface area contributed by atoms with Gasteiger partial charge in [-0.2, -0.15) is 0 Å². The molecule has 1 aliphatic rings. The van der Waals surface area contributed by atoms with Crippen molar-refractivity contribution in [3.63, 3.8) is 0 Å². The summed E-state index contributed by atoms with van der Waals surface area (Å²) in [6.45, 7) is 1.84. The summed E-state index contributed by atoms with van der Waals surface area (Å²) in [6.07, 6.45) is 2.72. The minimum atomic E-state index is 0.390. The summed E-state index contributed by atoms with van der Waals surface area (Å²) < 4.78 is 5.25. The van der Waals surface area contributed by atoms with E-state index in [0.29, 0.717) is 11.8 Å². The Kier molecular flexibility index (Phi) is 1.64. The standard InChI is InChI=1S/C9H11NO2/c1-6(10-11)7-5-8(7)9-3-2-4-12-9/h2-4,7-8,11H,5H2,1H3/b10-6+/t7-,8+/m0/s1. The summed E-state index contributed by atoms with van der Waals surface area (Å²) in [4.78, 5) is 0. The Balaban J connectivity index is 2.06. The molecule has 1 saturated carbocycles. The average molecular weight is 165 g/mol. The summed E-state index contributed by atoms with van der Waals surface area (Å²) in [5, 5.41) is 11.7. The predicted octanol–water partition coefficient (Wildman–Crippen LogP) is 2.23. The molecule has 1 heterocycles. The highest BCUT2D eigenvalue weighted by Gasteiger charge is 2.42. The van der Waals surface area contributed by atoms with E-state index in [2.05, 4.69) is 5.16 Å². The van der Waals surface area contributed by atoms with E-state index < -0.39 is 0 Å². The van der Waals surface area contributed by atoms with Gasteiger partial charge in [-0.1, -0.05) is 5.16 Å². The van der Waals surface area contributed by atoms with E-state index in [1.54, 1.807) is 6.26 Å². The van der Waals surface area contributed by atoms with Gasteiger partial charge in [-0.15, -0.1) is 0 Å². The summed E-state index contributed by atoms with van der Waals surface area (Å²) in [7, 11) is 0. The second-order valence-electron chi connectivity index (χ2n) is 3.21. The molecular formula is C9H11NO2. The molecule has 3 nitrogen and oxygen atoms in total. The number of oxime groups is 1. The maximum absolute atomic E-state index is 8.52. The zero-order valence-corrected chi connectivity index (χ0v) is 6.90. The lowest BCUT2D eigenvalue weighted by atomic mass is 10.2. The number of rotatable bonds is 2. The summed E-state index contributed by atoms with van der Waals surface area (Å²) >= 11 is 0. The third-order valence-corrected chi connectivity index (χ3v) is 2.39. The van der Waals surface area contributed by atoms with Crippen molar-refractivity contribution in [2.75, 3.05) is 0 Å². The van der Waals surface area contributed by atoms with E-state index in [1.165, 1.54) is 0 Å². The first-order valence-electron chi connectivity index (χ1n) is 4.05. The number of hydrogen-bond acceptors (Lipinski definition) is 3. The smallest absolute Gasteiger partial charge is 0.107 e. The lowest BCUT2D eigenvalue weighted by Crippen LogP contribution is -1.95. The quantitative estimate of drug-likeness (QED) is 0.415. The lowest BCUT2D eigenvalue weighted by molar-refractivity contribution is 0.316. The van der Waals surface area contributed by atoms with E-state index in [1.807, 2.05) is 19.1 Å². The molecule has 0 unspecified atom stereocenters. The molecule has 12 heavy (non-hydrogen) atoms. The molecule has 0 spiro atoms. The van der Waals surface area contributed by atoms with Crippen LogP contribution in [-0.2, 0) is 0 Å². The first kappa shape index (κ1) is 7.40. The van der Waals surface area contributed by atoms with Crippen LogP contribution in [0.1, 0.15) is 25.0 Å². The minimum Gasteiger partial charge on any atom is -0.469 e. The Morgan fingerprint density at radius 3 is 3.17 bits per heavy atom. The zero-order chi connectivity index (χ0) is 8.55. The molecule has 0 bridgehead atoms. The topological polar surface area (TPSA) is 45.7 Å². The normalized spacial score (nSPS) is 28.9. The molecule has 0 amide bonds. The van der Waals surface area contributed by atoms with Crippen LogP contribution >= 0.6 is 0 Å². The predicted molar refractivity (Wildman–Crippen MR) is 44.5 cm³/mol. The van der Waals surface area contributed by atoms with E-state index >= 15 is 0 Å². The second kappa shape index (κ2) is 2.66. The van der Waals surface area contributed by atoms with Crippen LogP contribution in [0.3, 0.4) is 0 Å². The van der Waals surface area contributed by atoms with Crippen molar-refractivity contribution in [1.82, 2.24) is 0 Å².